The van der Waals surface area contributed by atoms with Gasteiger partial charge in [-0.1, -0.05) is 6.07 Å². The standard InChI is InChI=1S/C15H18N4OS2/c1-12(22-13-4-2-11-21-13)14(20)18-7-9-19(10-8-18)15-16-5-3-6-17-15/h2-6,11-12H,7-10H2,1H3/t12-/m0/s1. The fourth-order valence-electron chi connectivity index (χ4n) is 2.39. The number of hydrogen-bond donors (Lipinski definition) is 0. The van der Waals surface area contributed by atoms with Crippen LogP contribution in [0.1, 0.15) is 6.92 Å². The van der Waals surface area contributed by atoms with Crippen molar-refractivity contribution in [2.45, 2.75) is 16.4 Å². The van der Waals surface area contributed by atoms with Crippen molar-refractivity contribution in [3.63, 3.8) is 0 Å². The van der Waals surface area contributed by atoms with Gasteiger partial charge in [0.2, 0.25) is 11.9 Å². The second-order valence-electron chi connectivity index (χ2n) is 5.05. The number of hydrogen-bond acceptors (Lipinski definition) is 6. The van der Waals surface area contributed by atoms with Crippen molar-refractivity contribution < 1.29 is 4.79 Å². The molecular weight excluding hydrogens is 316 g/mol. The van der Waals surface area contributed by atoms with Gasteiger partial charge in [-0.15, -0.1) is 23.1 Å². The predicted molar refractivity (Wildman–Crippen MR) is 90.5 cm³/mol. The summed E-state index contributed by atoms with van der Waals surface area (Å²) in [5.41, 5.74) is 0. The van der Waals surface area contributed by atoms with E-state index in [9.17, 15) is 4.79 Å². The van der Waals surface area contributed by atoms with E-state index >= 15 is 0 Å². The number of piperazine rings is 1. The highest BCUT2D eigenvalue weighted by Crippen LogP contribution is 2.28. The van der Waals surface area contributed by atoms with E-state index in [4.69, 9.17) is 0 Å². The topological polar surface area (TPSA) is 49.3 Å². The number of nitrogens with zero attached hydrogens (tertiary/aromatic N) is 4. The average molecular weight is 334 g/mol. The van der Waals surface area contributed by atoms with Gasteiger partial charge in [0.1, 0.15) is 0 Å². The molecule has 1 aliphatic heterocycles. The van der Waals surface area contributed by atoms with Crippen LogP contribution in [0.5, 0.6) is 0 Å². The minimum absolute atomic E-state index is 0.0434. The number of aromatic nitrogens is 2. The molecule has 0 unspecified atom stereocenters. The maximum atomic E-state index is 12.5. The van der Waals surface area contributed by atoms with Crippen molar-refractivity contribution in [1.82, 2.24) is 14.9 Å². The smallest absolute Gasteiger partial charge is 0.235 e. The number of carbonyl (C=O) groups excluding carboxylic acids is 1. The van der Waals surface area contributed by atoms with Gasteiger partial charge >= 0.3 is 0 Å². The molecule has 0 spiro atoms. The van der Waals surface area contributed by atoms with Crippen LogP contribution in [0.25, 0.3) is 0 Å². The van der Waals surface area contributed by atoms with Crippen LogP contribution in [0, 0.1) is 0 Å². The van der Waals surface area contributed by atoms with Crippen molar-refractivity contribution in [3.8, 4) is 0 Å². The third kappa shape index (κ3) is 3.59. The number of carbonyl (C=O) groups is 1. The van der Waals surface area contributed by atoms with E-state index in [2.05, 4.69) is 20.9 Å². The third-order valence-corrected chi connectivity index (χ3v) is 5.72. The van der Waals surface area contributed by atoms with Crippen molar-refractivity contribution >= 4 is 35.0 Å². The van der Waals surface area contributed by atoms with Gasteiger partial charge in [0.25, 0.3) is 0 Å². The molecule has 1 saturated heterocycles. The summed E-state index contributed by atoms with van der Waals surface area (Å²) in [6, 6.07) is 5.89. The average Bonchev–Trinajstić information content (AvgIpc) is 3.08. The Balaban J connectivity index is 1.53. The zero-order valence-electron chi connectivity index (χ0n) is 12.4. The zero-order chi connectivity index (χ0) is 15.4. The summed E-state index contributed by atoms with van der Waals surface area (Å²) in [7, 11) is 0. The fraction of sp³-hybridized carbons (Fsp3) is 0.400. The molecule has 22 heavy (non-hydrogen) atoms. The van der Waals surface area contributed by atoms with Crippen LogP contribution in [0.2, 0.25) is 0 Å². The SMILES string of the molecule is C[C@H](Sc1cccs1)C(=O)N1CCN(c2ncccn2)CC1. The molecule has 5 nitrogen and oxygen atoms in total. The van der Waals surface area contributed by atoms with Crippen LogP contribution in [0.4, 0.5) is 5.95 Å². The largest absolute Gasteiger partial charge is 0.338 e. The molecule has 7 heteroatoms. The predicted octanol–water partition coefficient (Wildman–Crippen LogP) is 2.37. The molecule has 116 valence electrons. The summed E-state index contributed by atoms with van der Waals surface area (Å²) in [6.07, 6.45) is 3.50. The van der Waals surface area contributed by atoms with Gasteiger partial charge in [0.15, 0.2) is 0 Å². The second-order valence-corrected chi connectivity index (χ2v) is 7.64. The molecule has 0 N–H and O–H groups in total. The third-order valence-electron chi connectivity index (χ3n) is 3.56. The van der Waals surface area contributed by atoms with Gasteiger partial charge in [-0.05, 0) is 24.4 Å². The van der Waals surface area contributed by atoms with Gasteiger partial charge in [0.05, 0.1) is 9.46 Å². The van der Waals surface area contributed by atoms with E-state index in [0.717, 1.165) is 32.1 Å². The molecule has 3 heterocycles. The zero-order valence-corrected chi connectivity index (χ0v) is 14.0. The molecule has 0 aromatic carbocycles. The second kappa shape index (κ2) is 7.11. The highest BCUT2D eigenvalue weighted by Gasteiger charge is 2.26. The van der Waals surface area contributed by atoms with Crippen LogP contribution in [0.15, 0.2) is 40.2 Å². The Labute approximate surface area is 138 Å². The van der Waals surface area contributed by atoms with Crippen molar-refractivity contribution in [2.24, 2.45) is 0 Å². The molecule has 0 aliphatic carbocycles. The number of anilines is 1. The maximum Gasteiger partial charge on any atom is 0.235 e. The molecule has 0 radical (unpaired) electrons. The molecule has 1 aliphatic rings. The lowest BCUT2D eigenvalue weighted by molar-refractivity contribution is -0.130. The quantitative estimate of drug-likeness (QED) is 0.804. The van der Waals surface area contributed by atoms with Gasteiger partial charge in [0, 0.05) is 38.6 Å². The summed E-state index contributed by atoms with van der Waals surface area (Å²) >= 11 is 3.32. The molecule has 0 saturated carbocycles. The first-order valence-corrected chi connectivity index (χ1v) is 9.01. The van der Waals surface area contributed by atoms with Gasteiger partial charge in [-0.3, -0.25) is 4.79 Å². The highest BCUT2D eigenvalue weighted by atomic mass is 32.2. The van der Waals surface area contributed by atoms with Crippen LogP contribution >= 0.6 is 23.1 Å². The molecule has 2 aromatic rings. The normalized spacial score (nSPS) is 16.6. The Morgan fingerprint density at radius 1 is 1.23 bits per heavy atom. The maximum absolute atomic E-state index is 12.5. The van der Waals surface area contributed by atoms with Crippen molar-refractivity contribution in [3.05, 3.63) is 36.0 Å². The van der Waals surface area contributed by atoms with Crippen LogP contribution in [0.3, 0.4) is 0 Å². The molecule has 1 atom stereocenters. The minimum Gasteiger partial charge on any atom is -0.338 e. The first-order valence-electron chi connectivity index (χ1n) is 7.25. The number of amides is 1. The fourth-order valence-corrected chi connectivity index (χ4v) is 4.42. The summed E-state index contributed by atoms with van der Waals surface area (Å²) in [5.74, 6) is 0.961. The van der Waals surface area contributed by atoms with Crippen molar-refractivity contribution in [2.75, 3.05) is 31.1 Å². The number of thioether (sulfide) groups is 1. The lowest BCUT2D eigenvalue weighted by atomic mass is 10.3. The van der Waals surface area contributed by atoms with Gasteiger partial charge in [-0.25, -0.2) is 9.97 Å². The molecule has 0 bridgehead atoms. The summed E-state index contributed by atoms with van der Waals surface area (Å²) in [6.45, 7) is 5.01. The van der Waals surface area contributed by atoms with E-state index in [-0.39, 0.29) is 11.2 Å². The van der Waals surface area contributed by atoms with E-state index in [1.165, 1.54) is 4.21 Å². The van der Waals surface area contributed by atoms with Crippen molar-refractivity contribution in [1.29, 1.82) is 0 Å². The molecule has 3 rings (SSSR count). The van der Waals surface area contributed by atoms with E-state index < -0.39 is 0 Å². The van der Waals surface area contributed by atoms with Gasteiger partial charge in [-0.2, -0.15) is 0 Å². The Bertz CT molecular complexity index is 597. The van der Waals surface area contributed by atoms with E-state index in [1.54, 1.807) is 35.5 Å². The Morgan fingerprint density at radius 2 is 1.95 bits per heavy atom. The summed E-state index contributed by atoms with van der Waals surface area (Å²) in [4.78, 5) is 25.1. The Kier molecular flexibility index (Phi) is 4.94. The Hall–Kier alpha value is -1.60. The number of thiophene rings is 1. The monoisotopic (exact) mass is 334 g/mol. The van der Waals surface area contributed by atoms with E-state index in [1.807, 2.05) is 29.3 Å². The summed E-state index contributed by atoms with van der Waals surface area (Å²) in [5, 5.41) is 2.00. The lowest BCUT2D eigenvalue weighted by Gasteiger charge is -2.35. The Morgan fingerprint density at radius 3 is 2.59 bits per heavy atom. The molecule has 1 amide bonds. The van der Waals surface area contributed by atoms with Crippen LogP contribution in [-0.4, -0.2) is 52.2 Å². The molecular formula is C15H18N4OS2. The van der Waals surface area contributed by atoms with Crippen LogP contribution in [-0.2, 0) is 4.79 Å². The lowest BCUT2D eigenvalue weighted by Crippen LogP contribution is -2.51. The highest BCUT2D eigenvalue weighted by molar-refractivity contribution is 8.02. The number of rotatable bonds is 4. The van der Waals surface area contributed by atoms with Gasteiger partial charge < -0.3 is 9.80 Å². The van der Waals surface area contributed by atoms with Crippen LogP contribution < -0.4 is 4.90 Å². The molecule has 1 fully saturated rings. The molecule has 2 aromatic heterocycles. The van der Waals surface area contributed by atoms with E-state index in [0.29, 0.717) is 0 Å². The minimum atomic E-state index is -0.0434. The first kappa shape index (κ1) is 15.3. The summed E-state index contributed by atoms with van der Waals surface area (Å²) < 4.78 is 1.19. The first-order chi connectivity index (χ1) is 10.7.